The Bertz CT molecular complexity index is 2310. The quantitative estimate of drug-likeness (QED) is 0.123. The molecule has 4 aromatic carbocycles. The van der Waals surface area contributed by atoms with E-state index < -0.39 is 8.07 Å². The van der Waals surface area contributed by atoms with Crippen molar-refractivity contribution in [3.8, 4) is 33.6 Å². The van der Waals surface area contributed by atoms with Crippen LogP contribution in [0.15, 0.2) is 114 Å². The fourth-order valence-electron chi connectivity index (χ4n) is 6.85. The number of hydrogen-bond acceptors (Lipinski definition) is 3. The van der Waals surface area contributed by atoms with Crippen molar-refractivity contribution in [2.24, 2.45) is 10.8 Å². The van der Waals surface area contributed by atoms with E-state index >= 15 is 0 Å². The number of rotatable bonds is 6. The summed E-state index contributed by atoms with van der Waals surface area (Å²) in [5.41, 5.74) is 12.5. The number of nitrogens with zero attached hydrogens (tertiary/aromatic N) is 2. The van der Waals surface area contributed by atoms with Gasteiger partial charge in [0.05, 0.1) is 13.7 Å². The molecule has 7 rings (SSSR count). The predicted molar refractivity (Wildman–Crippen MR) is 224 cm³/mol. The van der Waals surface area contributed by atoms with Crippen LogP contribution in [0.4, 0.5) is 0 Å². The molecule has 0 bridgehead atoms. The zero-order valence-electron chi connectivity index (χ0n) is 32.9. The molecule has 0 unspecified atom stereocenters. The third kappa shape index (κ3) is 9.70. The molecule has 0 aliphatic rings. The van der Waals surface area contributed by atoms with E-state index in [1.54, 1.807) is 0 Å². The van der Waals surface area contributed by atoms with Crippen molar-refractivity contribution >= 4 is 35.2 Å². The van der Waals surface area contributed by atoms with Crippen LogP contribution in [0.3, 0.4) is 0 Å². The van der Waals surface area contributed by atoms with E-state index in [0.29, 0.717) is 0 Å². The zero-order valence-corrected chi connectivity index (χ0v) is 36.3. The molecule has 0 saturated heterocycles. The van der Waals surface area contributed by atoms with Gasteiger partial charge in [0.1, 0.15) is 5.58 Å². The number of benzene rings is 4. The first kappa shape index (κ1) is 40.0. The summed E-state index contributed by atoms with van der Waals surface area (Å²) in [6.45, 7) is 23.0. The number of furan rings is 1. The van der Waals surface area contributed by atoms with Gasteiger partial charge in [0.15, 0.2) is 0 Å². The summed E-state index contributed by atoms with van der Waals surface area (Å²) in [5, 5.41) is 3.70. The van der Waals surface area contributed by atoms with Crippen LogP contribution in [-0.2, 0) is 32.9 Å². The number of fused-ring (bicyclic) bond motifs is 3. The van der Waals surface area contributed by atoms with Crippen molar-refractivity contribution in [1.29, 1.82) is 0 Å². The Balaban J connectivity index is 0.000000216. The summed E-state index contributed by atoms with van der Waals surface area (Å²) in [6, 6.07) is 40.1. The van der Waals surface area contributed by atoms with E-state index in [0.717, 1.165) is 68.4 Å². The Kier molecular flexibility index (Phi) is 12.1. The Morgan fingerprint density at radius 1 is 0.642 bits per heavy atom. The Morgan fingerprint density at radius 3 is 1.94 bits per heavy atom. The van der Waals surface area contributed by atoms with Crippen LogP contribution in [0.1, 0.15) is 58.2 Å². The fraction of sp³-hybridized carbons (Fsp3) is 0.292. The number of hydrogen-bond donors (Lipinski definition) is 0. The first-order valence-electron chi connectivity index (χ1n) is 18.4. The van der Waals surface area contributed by atoms with Crippen molar-refractivity contribution in [3.63, 3.8) is 0 Å². The smallest absolute Gasteiger partial charge is 0.128 e. The molecule has 3 nitrogen and oxygen atoms in total. The number of aromatic nitrogens is 2. The molecule has 0 atom stereocenters. The van der Waals surface area contributed by atoms with Crippen LogP contribution in [0.2, 0.25) is 19.6 Å². The normalized spacial score (nSPS) is 12.0. The maximum absolute atomic E-state index is 6.52. The van der Waals surface area contributed by atoms with Gasteiger partial charge in [-0.1, -0.05) is 144 Å². The number of pyridine rings is 2. The van der Waals surface area contributed by atoms with Gasteiger partial charge in [0.2, 0.25) is 0 Å². The van der Waals surface area contributed by atoms with Gasteiger partial charge >= 0.3 is 0 Å². The van der Waals surface area contributed by atoms with E-state index in [9.17, 15) is 0 Å². The molecule has 3 aromatic heterocycles. The summed E-state index contributed by atoms with van der Waals surface area (Å²) in [6.07, 6.45) is 6.18. The Morgan fingerprint density at radius 2 is 1.28 bits per heavy atom. The Hall–Kier alpha value is -4.15. The molecule has 0 aliphatic carbocycles. The van der Waals surface area contributed by atoms with Gasteiger partial charge in [-0.2, -0.15) is 0 Å². The topological polar surface area (TPSA) is 38.9 Å². The molecular formula is C48H52IrN2OSi-2. The summed E-state index contributed by atoms with van der Waals surface area (Å²) >= 11 is 0. The maximum Gasteiger partial charge on any atom is 0.128 e. The van der Waals surface area contributed by atoms with E-state index in [4.69, 9.17) is 14.4 Å². The number of para-hydroxylation sites is 1. The molecule has 0 aliphatic heterocycles. The van der Waals surface area contributed by atoms with Crippen molar-refractivity contribution in [1.82, 2.24) is 9.97 Å². The second kappa shape index (κ2) is 16.1. The van der Waals surface area contributed by atoms with Gasteiger partial charge in [-0.05, 0) is 58.3 Å². The molecule has 0 N–H and O–H groups in total. The summed E-state index contributed by atoms with van der Waals surface area (Å²) < 4.78 is 6.52. The molecule has 53 heavy (non-hydrogen) atoms. The zero-order chi connectivity index (χ0) is 37.3. The summed E-state index contributed by atoms with van der Waals surface area (Å²) in [5.74, 6) is 0. The second-order valence-corrected chi connectivity index (χ2v) is 22.5. The minimum atomic E-state index is -1.37. The van der Waals surface area contributed by atoms with Crippen molar-refractivity contribution in [2.45, 2.75) is 80.9 Å². The molecular weight excluding hydrogens is 841 g/mol. The van der Waals surface area contributed by atoms with Crippen molar-refractivity contribution in [2.75, 3.05) is 0 Å². The molecule has 0 amide bonds. The van der Waals surface area contributed by atoms with Gasteiger partial charge in [0.25, 0.3) is 0 Å². The van der Waals surface area contributed by atoms with Crippen molar-refractivity contribution < 1.29 is 24.5 Å². The van der Waals surface area contributed by atoms with E-state index in [-0.39, 0.29) is 30.9 Å². The standard InChI is InChI=1S/C29H26NO.C19H26NSi.Ir/c1-19-18-30-26(16-21(19)17-29(2,3)4)25-15-9-14-24-23-13-8-12-22(27(23)31-28(24)25)20-10-6-5-7-11-20;1-19(2,3)13-16-12-17(15-10-8-7-9-11-15)20-14-18(16)21(4,5)6;/h5-14,16,18H,17H2,1-4H3;7-10,12,14H,13H2,1-6H3;/q2*-1;. The van der Waals surface area contributed by atoms with Crippen LogP contribution in [0, 0.1) is 29.9 Å². The molecule has 1 radical (unpaired) electrons. The minimum absolute atomic E-state index is 0. The van der Waals surface area contributed by atoms with Gasteiger partial charge in [0, 0.05) is 43.4 Å². The molecule has 0 fully saturated rings. The summed E-state index contributed by atoms with van der Waals surface area (Å²) in [7, 11) is -1.37. The van der Waals surface area contributed by atoms with Crippen LogP contribution >= 0.6 is 0 Å². The molecule has 7 aromatic rings. The Labute approximate surface area is 331 Å². The van der Waals surface area contributed by atoms with Crippen molar-refractivity contribution in [3.05, 3.63) is 138 Å². The molecule has 275 valence electrons. The monoisotopic (exact) mass is 893 g/mol. The largest absolute Gasteiger partial charge is 0.500 e. The fourth-order valence-corrected chi connectivity index (χ4v) is 8.43. The third-order valence-electron chi connectivity index (χ3n) is 9.24. The average molecular weight is 893 g/mol. The first-order chi connectivity index (χ1) is 24.6. The molecule has 3 heterocycles. The SMILES string of the molecule is CC(C)(C)Cc1cc(-c2[c-]cccc2)ncc1[Si](C)(C)C.Cc1cnc(-c2[c-]ccc3c2oc2c(-c4ccccc4)cccc23)cc1CC(C)(C)C.[Ir]. The van der Waals surface area contributed by atoms with Crippen LogP contribution in [0.25, 0.3) is 55.6 Å². The first-order valence-corrected chi connectivity index (χ1v) is 21.9. The minimum Gasteiger partial charge on any atom is -0.500 e. The molecule has 5 heteroatoms. The van der Waals surface area contributed by atoms with Gasteiger partial charge < -0.3 is 14.4 Å². The van der Waals surface area contributed by atoms with Crippen LogP contribution < -0.4 is 5.19 Å². The van der Waals surface area contributed by atoms with Gasteiger partial charge in [-0.25, -0.2) is 0 Å². The van der Waals surface area contributed by atoms with Crippen LogP contribution in [-0.4, -0.2) is 18.0 Å². The van der Waals surface area contributed by atoms with Gasteiger partial charge in [-0.3, -0.25) is 0 Å². The van der Waals surface area contributed by atoms with E-state index in [1.807, 2.05) is 36.5 Å². The van der Waals surface area contributed by atoms with E-state index in [1.165, 1.54) is 21.9 Å². The van der Waals surface area contributed by atoms with E-state index in [2.05, 4.69) is 153 Å². The predicted octanol–water partition coefficient (Wildman–Crippen LogP) is 12.7. The molecule has 0 saturated carbocycles. The number of aryl methyl sites for hydroxylation is 1. The maximum atomic E-state index is 6.52. The molecule has 0 spiro atoms. The third-order valence-corrected chi connectivity index (χ3v) is 11.3. The summed E-state index contributed by atoms with van der Waals surface area (Å²) in [4.78, 5) is 9.46. The van der Waals surface area contributed by atoms with Crippen LogP contribution in [0.5, 0.6) is 0 Å². The van der Waals surface area contributed by atoms with Gasteiger partial charge in [-0.15, -0.1) is 54.1 Å². The average Bonchev–Trinajstić information content (AvgIpc) is 3.48. The second-order valence-electron chi connectivity index (χ2n) is 17.5.